The molecule has 0 aliphatic carbocycles. The topological polar surface area (TPSA) is 89.7 Å². The SMILES string of the molecule is NC(=O)[C@H]1CCCCN1C(=O)COC(=O)/C=C/c1ccc(Cl)c(Cl)c1. The van der Waals surface area contributed by atoms with Gasteiger partial charge in [-0.15, -0.1) is 0 Å². The first-order valence-electron chi connectivity index (χ1n) is 7.77. The van der Waals surface area contributed by atoms with E-state index in [-0.39, 0.29) is 0 Å². The summed E-state index contributed by atoms with van der Waals surface area (Å²) in [5.74, 6) is -1.65. The fourth-order valence-corrected chi connectivity index (χ4v) is 2.88. The van der Waals surface area contributed by atoms with Gasteiger partial charge in [0.15, 0.2) is 6.61 Å². The molecule has 1 fully saturated rings. The van der Waals surface area contributed by atoms with Gasteiger partial charge in [0.05, 0.1) is 10.0 Å². The van der Waals surface area contributed by atoms with Gasteiger partial charge in [-0.05, 0) is 43.0 Å². The lowest BCUT2D eigenvalue weighted by Crippen LogP contribution is -2.51. The summed E-state index contributed by atoms with van der Waals surface area (Å²) in [5, 5.41) is 0.785. The van der Waals surface area contributed by atoms with E-state index in [4.69, 9.17) is 33.7 Å². The molecule has 1 aliphatic rings. The van der Waals surface area contributed by atoms with Crippen LogP contribution in [0.15, 0.2) is 24.3 Å². The molecule has 0 radical (unpaired) electrons. The molecule has 1 atom stereocenters. The summed E-state index contributed by atoms with van der Waals surface area (Å²) in [4.78, 5) is 36.7. The molecule has 0 saturated carbocycles. The number of ether oxygens (including phenoxy) is 1. The van der Waals surface area contributed by atoms with Gasteiger partial charge in [-0.2, -0.15) is 0 Å². The maximum atomic E-state index is 12.2. The normalized spacial score (nSPS) is 17.5. The molecule has 1 aromatic rings. The number of halogens is 2. The number of piperidine rings is 1. The van der Waals surface area contributed by atoms with Crippen molar-refractivity contribution in [3.05, 3.63) is 39.9 Å². The summed E-state index contributed by atoms with van der Waals surface area (Å²) in [7, 11) is 0. The third kappa shape index (κ3) is 5.47. The number of rotatable bonds is 5. The van der Waals surface area contributed by atoms with Crippen LogP contribution < -0.4 is 5.73 Å². The lowest BCUT2D eigenvalue weighted by Gasteiger charge is -2.33. The monoisotopic (exact) mass is 384 g/mol. The number of benzene rings is 1. The Bertz CT molecular complexity index is 706. The number of primary amides is 1. The van der Waals surface area contributed by atoms with Crippen LogP contribution in [0.4, 0.5) is 0 Å². The molecule has 134 valence electrons. The molecule has 1 aromatic carbocycles. The fourth-order valence-electron chi connectivity index (χ4n) is 2.57. The summed E-state index contributed by atoms with van der Waals surface area (Å²) in [6, 6.07) is 4.27. The zero-order valence-electron chi connectivity index (χ0n) is 13.4. The highest BCUT2D eigenvalue weighted by Crippen LogP contribution is 2.23. The Kier molecular flexibility index (Phi) is 6.84. The average molecular weight is 385 g/mol. The quantitative estimate of drug-likeness (QED) is 0.623. The molecule has 0 bridgehead atoms. The summed E-state index contributed by atoms with van der Waals surface area (Å²) >= 11 is 11.7. The number of hydrogen-bond acceptors (Lipinski definition) is 4. The van der Waals surface area contributed by atoms with Crippen molar-refractivity contribution < 1.29 is 19.1 Å². The second-order valence-electron chi connectivity index (χ2n) is 5.62. The predicted molar refractivity (Wildman–Crippen MR) is 95.0 cm³/mol. The van der Waals surface area contributed by atoms with Crippen LogP contribution in [0.2, 0.25) is 10.0 Å². The van der Waals surface area contributed by atoms with E-state index in [1.807, 2.05) is 0 Å². The number of likely N-dealkylation sites (tertiary alicyclic amines) is 1. The molecule has 8 heteroatoms. The van der Waals surface area contributed by atoms with Crippen LogP contribution in [-0.4, -0.2) is 41.9 Å². The van der Waals surface area contributed by atoms with Crippen molar-refractivity contribution in [3.8, 4) is 0 Å². The Labute approximate surface area is 155 Å². The molecule has 2 amide bonds. The molecule has 0 unspecified atom stereocenters. The third-order valence-corrected chi connectivity index (χ3v) is 4.58. The van der Waals surface area contributed by atoms with Gasteiger partial charge >= 0.3 is 5.97 Å². The van der Waals surface area contributed by atoms with Crippen molar-refractivity contribution in [1.82, 2.24) is 4.90 Å². The molecule has 6 nitrogen and oxygen atoms in total. The average Bonchev–Trinajstić information content (AvgIpc) is 2.60. The number of amides is 2. The molecule has 0 spiro atoms. The lowest BCUT2D eigenvalue weighted by molar-refractivity contribution is -0.151. The van der Waals surface area contributed by atoms with Crippen LogP contribution in [0.5, 0.6) is 0 Å². The highest BCUT2D eigenvalue weighted by atomic mass is 35.5. The minimum Gasteiger partial charge on any atom is -0.452 e. The van der Waals surface area contributed by atoms with E-state index in [1.54, 1.807) is 18.2 Å². The summed E-state index contributed by atoms with van der Waals surface area (Å²) in [5.41, 5.74) is 5.98. The Balaban J connectivity index is 1.88. The maximum Gasteiger partial charge on any atom is 0.331 e. The third-order valence-electron chi connectivity index (χ3n) is 3.84. The highest BCUT2D eigenvalue weighted by Gasteiger charge is 2.30. The first-order chi connectivity index (χ1) is 11.9. The Morgan fingerprint density at radius 1 is 1.24 bits per heavy atom. The predicted octanol–water partition coefficient (Wildman–Crippen LogP) is 2.42. The van der Waals surface area contributed by atoms with Gasteiger partial charge in [0.1, 0.15) is 6.04 Å². The largest absolute Gasteiger partial charge is 0.452 e. The van der Waals surface area contributed by atoms with Crippen molar-refractivity contribution in [2.45, 2.75) is 25.3 Å². The molecule has 1 heterocycles. The van der Waals surface area contributed by atoms with E-state index >= 15 is 0 Å². The van der Waals surface area contributed by atoms with Gasteiger partial charge in [-0.3, -0.25) is 9.59 Å². The van der Waals surface area contributed by atoms with E-state index in [2.05, 4.69) is 0 Å². The molecule has 0 aromatic heterocycles. The van der Waals surface area contributed by atoms with Gasteiger partial charge in [0, 0.05) is 12.6 Å². The van der Waals surface area contributed by atoms with Crippen molar-refractivity contribution in [2.24, 2.45) is 5.73 Å². The molecular weight excluding hydrogens is 367 g/mol. The standard InChI is InChI=1S/C17H18Cl2N2O4/c18-12-6-4-11(9-13(12)19)5-7-16(23)25-10-15(22)21-8-2-1-3-14(21)17(20)24/h4-7,9,14H,1-3,8,10H2,(H2,20,24)/b7-5+/t14-/m1/s1. The second kappa shape index (κ2) is 8.87. The fraction of sp³-hybridized carbons (Fsp3) is 0.353. The first-order valence-corrected chi connectivity index (χ1v) is 8.52. The van der Waals surface area contributed by atoms with Crippen molar-refractivity contribution in [3.63, 3.8) is 0 Å². The van der Waals surface area contributed by atoms with Gasteiger partial charge in [-0.1, -0.05) is 29.3 Å². The Hall–Kier alpha value is -2.05. The number of carbonyl (C=O) groups is 3. The summed E-state index contributed by atoms with van der Waals surface area (Å²) in [6.45, 7) is -0.00255. The molecular formula is C17H18Cl2N2O4. The van der Waals surface area contributed by atoms with E-state index in [0.29, 0.717) is 28.6 Å². The van der Waals surface area contributed by atoms with Crippen LogP contribution in [-0.2, 0) is 19.1 Å². The van der Waals surface area contributed by atoms with Crippen molar-refractivity contribution in [1.29, 1.82) is 0 Å². The van der Waals surface area contributed by atoms with E-state index in [1.165, 1.54) is 17.1 Å². The number of carbonyl (C=O) groups excluding carboxylic acids is 3. The number of esters is 1. The van der Waals surface area contributed by atoms with Gasteiger partial charge < -0.3 is 15.4 Å². The smallest absolute Gasteiger partial charge is 0.331 e. The summed E-state index contributed by atoms with van der Waals surface area (Å²) in [6.07, 6.45) is 4.85. The number of nitrogens with zero attached hydrogens (tertiary/aromatic N) is 1. The molecule has 2 N–H and O–H groups in total. The highest BCUT2D eigenvalue weighted by molar-refractivity contribution is 6.42. The number of nitrogens with two attached hydrogens (primary N) is 1. The zero-order chi connectivity index (χ0) is 18.4. The van der Waals surface area contributed by atoms with Gasteiger partial charge in [0.25, 0.3) is 5.91 Å². The minimum atomic E-state index is -0.674. The second-order valence-corrected chi connectivity index (χ2v) is 6.43. The van der Waals surface area contributed by atoms with Crippen molar-refractivity contribution >= 4 is 47.1 Å². The lowest BCUT2D eigenvalue weighted by atomic mass is 10.0. The van der Waals surface area contributed by atoms with Gasteiger partial charge in [-0.25, -0.2) is 4.79 Å². The van der Waals surface area contributed by atoms with Crippen LogP contribution >= 0.6 is 23.2 Å². The van der Waals surface area contributed by atoms with Gasteiger partial charge in [0.2, 0.25) is 5.91 Å². The zero-order valence-corrected chi connectivity index (χ0v) is 14.9. The van der Waals surface area contributed by atoms with E-state index < -0.39 is 30.4 Å². The molecule has 2 rings (SSSR count). The van der Waals surface area contributed by atoms with Crippen LogP contribution in [0.3, 0.4) is 0 Å². The number of hydrogen-bond donors (Lipinski definition) is 1. The van der Waals surface area contributed by atoms with Crippen LogP contribution in [0.25, 0.3) is 6.08 Å². The Morgan fingerprint density at radius 3 is 2.68 bits per heavy atom. The van der Waals surface area contributed by atoms with Crippen LogP contribution in [0.1, 0.15) is 24.8 Å². The van der Waals surface area contributed by atoms with E-state index in [9.17, 15) is 14.4 Å². The first kappa shape index (κ1) is 19.3. The maximum absolute atomic E-state index is 12.2. The van der Waals surface area contributed by atoms with Crippen molar-refractivity contribution in [2.75, 3.05) is 13.2 Å². The molecule has 1 saturated heterocycles. The van der Waals surface area contributed by atoms with E-state index in [0.717, 1.165) is 12.8 Å². The van der Waals surface area contributed by atoms with Crippen LogP contribution in [0, 0.1) is 0 Å². The minimum absolute atomic E-state index is 0.370. The molecule has 1 aliphatic heterocycles. The Morgan fingerprint density at radius 2 is 2.00 bits per heavy atom. The molecule has 25 heavy (non-hydrogen) atoms. The summed E-state index contributed by atoms with van der Waals surface area (Å²) < 4.78 is 4.93.